The lowest BCUT2D eigenvalue weighted by atomic mass is 9.98. The van der Waals surface area contributed by atoms with Gasteiger partial charge in [-0.3, -0.25) is 4.79 Å². The van der Waals surface area contributed by atoms with E-state index in [0.29, 0.717) is 23.6 Å². The molecule has 0 fully saturated rings. The van der Waals surface area contributed by atoms with Gasteiger partial charge in [0.25, 0.3) is 0 Å². The summed E-state index contributed by atoms with van der Waals surface area (Å²) in [5.41, 5.74) is 4.13. The van der Waals surface area contributed by atoms with Gasteiger partial charge in [-0.2, -0.15) is 20.3 Å². The molecule has 0 aliphatic carbocycles. The predicted octanol–water partition coefficient (Wildman–Crippen LogP) is 3.82. The fourth-order valence-electron chi connectivity index (χ4n) is 3.60. The van der Waals surface area contributed by atoms with Crippen LogP contribution in [0.15, 0.2) is 79.1 Å². The lowest BCUT2D eigenvalue weighted by Gasteiger charge is -2.21. The van der Waals surface area contributed by atoms with Crippen molar-refractivity contribution >= 4 is 11.7 Å². The molecule has 0 spiro atoms. The number of amides is 1. The molecule has 0 saturated heterocycles. The minimum atomic E-state index is -0.552. The van der Waals surface area contributed by atoms with Crippen molar-refractivity contribution in [2.75, 3.05) is 11.9 Å². The second-order valence-corrected chi connectivity index (χ2v) is 8.03. The van der Waals surface area contributed by atoms with Crippen molar-refractivity contribution in [1.29, 1.82) is 5.26 Å². The molecule has 0 saturated carbocycles. The summed E-state index contributed by atoms with van der Waals surface area (Å²) in [7, 11) is 1.75. The molecule has 0 aliphatic rings. The van der Waals surface area contributed by atoms with Crippen LogP contribution < -0.4 is 10.6 Å². The van der Waals surface area contributed by atoms with E-state index in [0.717, 1.165) is 16.7 Å². The molecule has 0 radical (unpaired) electrons. The smallest absolute Gasteiger partial charge is 0.247 e. The Morgan fingerprint density at radius 1 is 1.03 bits per heavy atom. The van der Waals surface area contributed by atoms with Crippen LogP contribution in [0.2, 0.25) is 0 Å². The van der Waals surface area contributed by atoms with E-state index in [9.17, 15) is 4.79 Å². The first kappa shape index (κ1) is 22.8. The Morgan fingerprint density at radius 3 is 2.41 bits per heavy atom. The molecule has 1 amide bonds. The molecule has 2 atom stereocenters. The number of aryl methyl sites for hydroxylation is 1. The van der Waals surface area contributed by atoms with Crippen LogP contribution in [-0.4, -0.2) is 32.4 Å². The summed E-state index contributed by atoms with van der Waals surface area (Å²) in [5, 5.41) is 23.7. The molecule has 2 aromatic heterocycles. The molecule has 1 unspecified atom stereocenters. The lowest BCUT2D eigenvalue weighted by molar-refractivity contribution is -0.118. The summed E-state index contributed by atoms with van der Waals surface area (Å²) in [4.78, 5) is 19.1. The summed E-state index contributed by atoms with van der Waals surface area (Å²) in [6.07, 6.45) is 3.33. The fraction of sp³-hybridized carbons (Fsp3) is 0.192. The second-order valence-electron chi connectivity index (χ2n) is 8.03. The number of nitrogens with zero attached hydrogens (tertiary/aromatic N) is 5. The van der Waals surface area contributed by atoms with Crippen molar-refractivity contribution in [2.45, 2.75) is 18.9 Å². The van der Waals surface area contributed by atoms with Gasteiger partial charge in [-0.05, 0) is 41.3 Å². The summed E-state index contributed by atoms with van der Waals surface area (Å²) in [5.74, 6) is 0.412. The van der Waals surface area contributed by atoms with Crippen LogP contribution >= 0.6 is 0 Å². The average molecular weight is 452 g/mol. The highest BCUT2D eigenvalue weighted by molar-refractivity contribution is 5.94. The monoisotopic (exact) mass is 451 g/mol. The van der Waals surface area contributed by atoms with E-state index in [1.165, 1.54) is 4.80 Å². The maximum atomic E-state index is 13.2. The van der Waals surface area contributed by atoms with E-state index < -0.39 is 6.04 Å². The number of nitrogens with one attached hydrogen (secondary N) is 2. The van der Waals surface area contributed by atoms with Crippen LogP contribution in [-0.2, 0) is 11.8 Å². The normalized spacial score (nSPS) is 12.5. The zero-order chi connectivity index (χ0) is 23.9. The number of aromatic nitrogens is 4. The standard InChI is InChI=1S/C26H25N7O/c1-18(20-10-8-19(14-27)9-11-20)15-29-25(21-6-4-3-5-7-21)26(34)31-24-13-12-22(16-28-24)23-17-30-33(2)32-23/h3-13,16-18,25,29H,15H2,1-2H3,(H,28,31,34)/t18?,25-/m0/s1. The van der Waals surface area contributed by atoms with Crippen LogP contribution in [0.3, 0.4) is 0 Å². The SMILES string of the molecule is CC(CN[C@H](C(=O)Nc1ccc(-c2cnn(C)n2)cn1)c1ccccc1)c1ccc(C#N)cc1. The first-order chi connectivity index (χ1) is 16.5. The third-order valence-electron chi connectivity index (χ3n) is 5.54. The largest absolute Gasteiger partial charge is 0.309 e. The third kappa shape index (κ3) is 5.52. The van der Waals surface area contributed by atoms with Crippen LogP contribution in [0.25, 0.3) is 11.3 Å². The summed E-state index contributed by atoms with van der Waals surface area (Å²) < 4.78 is 0. The number of anilines is 1. The van der Waals surface area contributed by atoms with Crippen molar-refractivity contribution < 1.29 is 4.79 Å². The fourth-order valence-corrected chi connectivity index (χ4v) is 3.60. The molecule has 2 aromatic carbocycles. The second kappa shape index (κ2) is 10.5. The number of nitriles is 1. The van der Waals surface area contributed by atoms with Gasteiger partial charge in [0.1, 0.15) is 17.6 Å². The van der Waals surface area contributed by atoms with Gasteiger partial charge in [0.2, 0.25) is 5.91 Å². The predicted molar refractivity (Wildman–Crippen MR) is 130 cm³/mol. The van der Waals surface area contributed by atoms with Gasteiger partial charge in [-0.1, -0.05) is 49.4 Å². The molecule has 2 heterocycles. The zero-order valence-electron chi connectivity index (χ0n) is 19.0. The van der Waals surface area contributed by atoms with Gasteiger partial charge in [-0.15, -0.1) is 0 Å². The molecule has 4 rings (SSSR count). The van der Waals surface area contributed by atoms with Gasteiger partial charge in [0.15, 0.2) is 0 Å². The van der Waals surface area contributed by atoms with Crippen molar-refractivity contribution in [3.8, 4) is 17.3 Å². The number of carbonyl (C=O) groups is 1. The Kier molecular flexibility index (Phi) is 7.06. The van der Waals surface area contributed by atoms with Gasteiger partial charge >= 0.3 is 0 Å². The van der Waals surface area contributed by atoms with E-state index in [1.807, 2.05) is 60.7 Å². The van der Waals surface area contributed by atoms with Crippen LogP contribution in [0, 0.1) is 11.3 Å². The highest BCUT2D eigenvalue weighted by Crippen LogP contribution is 2.21. The highest BCUT2D eigenvalue weighted by atomic mass is 16.2. The molecule has 170 valence electrons. The Balaban J connectivity index is 1.46. The number of rotatable bonds is 8. The molecule has 2 N–H and O–H groups in total. The van der Waals surface area contributed by atoms with E-state index in [1.54, 1.807) is 25.5 Å². The molecule has 0 aliphatic heterocycles. The van der Waals surface area contributed by atoms with E-state index in [-0.39, 0.29) is 11.8 Å². The third-order valence-corrected chi connectivity index (χ3v) is 5.54. The topological polar surface area (TPSA) is 109 Å². The number of benzene rings is 2. The molecule has 34 heavy (non-hydrogen) atoms. The van der Waals surface area contributed by atoms with E-state index >= 15 is 0 Å². The first-order valence-electron chi connectivity index (χ1n) is 11.0. The number of hydrogen-bond acceptors (Lipinski definition) is 6. The van der Waals surface area contributed by atoms with Crippen molar-refractivity contribution in [3.05, 3.63) is 95.8 Å². The number of hydrogen-bond donors (Lipinski definition) is 2. The molecule has 0 bridgehead atoms. The minimum absolute atomic E-state index is 0.149. The van der Waals surface area contributed by atoms with Gasteiger partial charge in [-0.25, -0.2) is 4.98 Å². The van der Waals surface area contributed by atoms with Crippen molar-refractivity contribution in [2.24, 2.45) is 7.05 Å². The Hall–Kier alpha value is -4.35. The van der Waals surface area contributed by atoms with Crippen LogP contribution in [0.1, 0.15) is 35.6 Å². The average Bonchev–Trinajstić information content (AvgIpc) is 3.31. The van der Waals surface area contributed by atoms with Gasteiger partial charge < -0.3 is 10.6 Å². The molecule has 8 heteroatoms. The summed E-state index contributed by atoms with van der Waals surface area (Å²) >= 11 is 0. The number of pyridine rings is 1. The first-order valence-corrected chi connectivity index (χ1v) is 11.0. The van der Waals surface area contributed by atoms with Gasteiger partial charge in [0, 0.05) is 25.4 Å². The molecular formula is C26H25N7O. The van der Waals surface area contributed by atoms with Crippen LogP contribution in [0.4, 0.5) is 5.82 Å². The zero-order valence-corrected chi connectivity index (χ0v) is 19.0. The maximum absolute atomic E-state index is 13.2. The van der Waals surface area contributed by atoms with Crippen LogP contribution in [0.5, 0.6) is 0 Å². The summed E-state index contributed by atoms with van der Waals surface area (Å²) in [6, 6.07) is 22.3. The molecular weight excluding hydrogens is 426 g/mol. The Labute approximate surface area is 198 Å². The maximum Gasteiger partial charge on any atom is 0.247 e. The summed E-state index contributed by atoms with van der Waals surface area (Å²) in [6.45, 7) is 2.67. The molecule has 4 aromatic rings. The Morgan fingerprint density at radius 2 is 1.79 bits per heavy atom. The van der Waals surface area contributed by atoms with Crippen molar-refractivity contribution in [3.63, 3.8) is 0 Å². The molecule has 8 nitrogen and oxygen atoms in total. The highest BCUT2D eigenvalue weighted by Gasteiger charge is 2.22. The van der Waals surface area contributed by atoms with Gasteiger partial charge in [0.05, 0.1) is 17.8 Å². The van der Waals surface area contributed by atoms with E-state index in [4.69, 9.17) is 5.26 Å². The quantitative estimate of drug-likeness (QED) is 0.422. The van der Waals surface area contributed by atoms with E-state index in [2.05, 4.69) is 38.8 Å². The number of carbonyl (C=O) groups excluding carboxylic acids is 1. The lowest BCUT2D eigenvalue weighted by Crippen LogP contribution is -2.35. The minimum Gasteiger partial charge on any atom is -0.309 e. The van der Waals surface area contributed by atoms with Crippen molar-refractivity contribution in [1.82, 2.24) is 25.3 Å². The Bertz CT molecular complexity index is 1280.